The molecule has 0 saturated heterocycles. The molecule has 0 aliphatic rings. The lowest BCUT2D eigenvalue weighted by atomic mass is 10.0. The van der Waals surface area contributed by atoms with Crippen LogP contribution in [0.15, 0.2) is 48.9 Å². The van der Waals surface area contributed by atoms with Crippen LogP contribution in [0.3, 0.4) is 0 Å². The molecule has 2 aromatic carbocycles. The molecule has 0 spiro atoms. The number of aryl methyl sites for hydroxylation is 1. The Labute approximate surface area is 148 Å². The van der Waals surface area contributed by atoms with Crippen LogP contribution in [0.4, 0.5) is 4.39 Å². The molecule has 0 radical (unpaired) electrons. The Hall–Kier alpha value is -3.48. The van der Waals surface area contributed by atoms with Crippen molar-refractivity contribution in [2.24, 2.45) is 7.05 Å². The van der Waals surface area contributed by atoms with Gasteiger partial charge in [-0.15, -0.1) is 0 Å². The molecule has 0 atom stereocenters. The summed E-state index contributed by atoms with van der Waals surface area (Å²) in [4.78, 5) is 8.60. The molecule has 0 aliphatic heterocycles. The Morgan fingerprint density at radius 1 is 1.08 bits per heavy atom. The summed E-state index contributed by atoms with van der Waals surface area (Å²) in [5.41, 5.74) is 2.66. The van der Waals surface area contributed by atoms with Crippen LogP contribution in [0.5, 0.6) is 11.5 Å². The number of ether oxygens (including phenoxy) is 1. The number of aromatic hydroxyl groups is 1. The number of nitrogens with zero attached hydrogens (tertiary/aromatic N) is 4. The highest BCUT2D eigenvalue weighted by molar-refractivity contribution is 5.97. The van der Waals surface area contributed by atoms with Gasteiger partial charge in [-0.05, 0) is 18.2 Å². The minimum atomic E-state index is -0.365. The predicted octanol–water partition coefficient (Wildman–Crippen LogP) is 3.55. The van der Waals surface area contributed by atoms with Gasteiger partial charge in [-0.2, -0.15) is 5.10 Å². The molecule has 0 saturated carbocycles. The molecule has 7 heteroatoms. The van der Waals surface area contributed by atoms with Crippen LogP contribution < -0.4 is 4.74 Å². The van der Waals surface area contributed by atoms with Crippen molar-refractivity contribution >= 4 is 10.9 Å². The molecule has 0 fully saturated rings. The molecular formula is C19H15FN4O2. The first-order valence-electron chi connectivity index (χ1n) is 7.89. The normalized spacial score (nSPS) is 11.0. The second kappa shape index (κ2) is 6.11. The number of methoxy groups -OCH3 is 1. The zero-order chi connectivity index (χ0) is 18.3. The maximum Gasteiger partial charge on any atom is 0.162 e. The molecule has 26 heavy (non-hydrogen) atoms. The van der Waals surface area contributed by atoms with Crippen molar-refractivity contribution in [2.75, 3.05) is 7.11 Å². The van der Waals surface area contributed by atoms with Crippen LogP contribution in [0, 0.1) is 5.82 Å². The summed E-state index contributed by atoms with van der Waals surface area (Å²) in [6.07, 6.45) is 3.19. The van der Waals surface area contributed by atoms with Crippen molar-refractivity contribution in [3.8, 4) is 34.0 Å². The van der Waals surface area contributed by atoms with Gasteiger partial charge in [0.1, 0.15) is 17.8 Å². The number of hydrogen-bond acceptors (Lipinski definition) is 5. The molecule has 0 aliphatic carbocycles. The molecule has 0 amide bonds. The molecule has 6 nitrogen and oxygen atoms in total. The van der Waals surface area contributed by atoms with Gasteiger partial charge in [0.15, 0.2) is 11.5 Å². The van der Waals surface area contributed by atoms with E-state index in [0.717, 1.165) is 0 Å². The molecule has 2 aromatic heterocycles. The number of fused-ring (bicyclic) bond motifs is 1. The molecule has 130 valence electrons. The monoisotopic (exact) mass is 350 g/mol. The Balaban J connectivity index is 2.00. The van der Waals surface area contributed by atoms with Gasteiger partial charge in [0.25, 0.3) is 0 Å². The first-order chi connectivity index (χ1) is 12.6. The average Bonchev–Trinajstić information content (AvgIpc) is 3.02. The van der Waals surface area contributed by atoms with Crippen molar-refractivity contribution in [1.29, 1.82) is 0 Å². The molecule has 4 aromatic rings. The van der Waals surface area contributed by atoms with Gasteiger partial charge in [0, 0.05) is 35.8 Å². The van der Waals surface area contributed by atoms with E-state index in [-0.39, 0.29) is 11.6 Å². The van der Waals surface area contributed by atoms with Gasteiger partial charge in [-0.1, -0.05) is 12.1 Å². The SMILES string of the molecule is COc1cc2ncnc(-c3cn(C)nc3-c3ccccc3F)c2cc1O. The molecule has 1 N–H and O–H groups in total. The lowest BCUT2D eigenvalue weighted by Gasteiger charge is -2.09. The maximum atomic E-state index is 14.3. The van der Waals surface area contributed by atoms with Crippen molar-refractivity contribution in [1.82, 2.24) is 19.7 Å². The highest BCUT2D eigenvalue weighted by atomic mass is 19.1. The minimum absolute atomic E-state index is 0.0209. The van der Waals surface area contributed by atoms with Crippen LogP contribution in [0.25, 0.3) is 33.4 Å². The Morgan fingerprint density at radius 2 is 1.88 bits per heavy atom. The van der Waals surface area contributed by atoms with E-state index in [1.807, 2.05) is 0 Å². The van der Waals surface area contributed by atoms with Gasteiger partial charge in [0.05, 0.1) is 18.3 Å². The summed E-state index contributed by atoms with van der Waals surface area (Å²) in [5, 5.41) is 15.2. The zero-order valence-electron chi connectivity index (χ0n) is 14.1. The fourth-order valence-corrected chi connectivity index (χ4v) is 2.96. The van der Waals surface area contributed by atoms with Crippen molar-refractivity contribution < 1.29 is 14.2 Å². The second-order valence-electron chi connectivity index (χ2n) is 5.81. The lowest BCUT2D eigenvalue weighted by Crippen LogP contribution is -1.93. The summed E-state index contributed by atoms with van der Waals surface area (Å²) < 4.78 is 21.1. The largest absolute Gasteiger partial charge is 0.504 e. The van der Waals surface area contributed by atoms with E-state index in [0.29, 0.717) is 39.2 Å². The van der Waals surface area contributed by atoms with E-state index in [1.165, 1.54) is 19.5 Å². The number of rotatable bonds is 3. The smallest absolute Gasteiger partial charge is 0.162 e. The Bertz CT molecular complexity index is 1120. The molecule has 4 rings (SSSR count). The van der Waals surface area contributed by atoms with Crippen molar-refractivity contribution in [2.45, 2.75) is 0 Å². The van der Waals surface area contributed by atoms with Gasteiger partial charge < -0.3 is 9.84 Å². The fourth-order valence-electron chi connectivity index (χ4n) is 2.96. The van der Waals surface area contributed by atoms with Crippen LogP contribution in [0.2, 0.25) is 0 Å². The third-order valence-electron chi connectivity index (χ3n) is 4.15. The topological polar surface area (TPSA) is 73.1 Å². The highest BCUT2D eigenvalue weighted by Crippen LogP contribution is 2.37. The first-order valence-corrected chi connectivity index (χ1v) is 7.89. The van der Waals surface area contributed by atoms with Crippen molar-refractivity contribution in [3.05, 3.63) is 54.7 Å². The number of benzene rings is 2. The number of hydrogen-bond donors (Lipinski definition) is 1. The van der Waals surface area contributed by atoms with Crippen molar-refractivity contribution in [3.63, 3.8) is 0 Å². The van der Waals surface area contributed by atoms with Crippen LogP contribution in [-0.2, 0) is 7.05 Å². The third-order valence-corrected chi connectivity index (χ3v) is 4.15. The summed E-state index contributed by atoms with van der Waals surface area (Å²) in [5.74, 6) is -0.0645. The molecule has 2 heterocycles. The quantitative estimate of drug-likeness (QED) is 0.612. The van der Waals surface area contributed by atoms with E-state index >= 15 is 0 Å². The van der Waals surface area contributed by atoms with Gasteiger partial charge in [-0.3, -0.25) is 4.68 Å². The van der Waals surface area contributed by atoms with Crippen LogP contribution >= 0.6 is 0 Å². The molecule has 0 bridgehead atoms. The predicted molar refractivity (Wildman–Crippen MR) is 95.4 cm³/mol. The van der Waals surface area contributed by atoms with Gasteiger partial charge >= 0.3 is 0 Å². The Kier molecular flexibility index (Phi) is 3.76. The highest BCUT2D eigenvalue weighted by Gasteiger charge is 2.19. The van der Waals surface area contributed by atoms with E-state index < -0.39 is 0 Å². The number of phenolic OH excluding ortho intramolecular Hbond substituents is 1. The summed E-state index contributed by atoms with van der Waals surface area (Å²) in [6.45, 7) is 0. The second-order valence-corrected chi connectivity index (χ2v) is 5.81. The van der Waals surface area contributed by atoms with Gasteiger partial charge in [-0.25, -0.2) is 14.4 Å². The van der Waals surface area contributed by atoms with E-state index in [2.05, 4.69) is 15.1 Å². The van der Waals surface area contributed by atoms with E-state index in [1.54, 1.807) is 48.3 Å². The summed E-state index contributed by atoms with van der Waals surface area (Å²) in [6, 6.07) is 9.63. The van der Waals surface area contributed by atoms with Crippen LogP contribution in [0.1, 0.15) is 0 Å². The third kappa shape index (κ3) is 2.54. The fraction of sp³-hybridized carbons (Fsp3) is 0.105. The number of halogens is 1. The number of aromatic nitrogens is 4. The number of phenols is 1. The zero-order valence-corrected chi connectivity index (χ0v) is 14.1. The Morgan fingerprint density at radius 3 is 2.65 bits per heavy atom. The van der Waals surface area contributed by atoms with E-state index in [9.17, 15) is 9.50 Å². The first kappa shape index (κ1) is 16.0. The lowest BCUT2D eigenvalue weighted by molar-refractivity contribution is 0.374. The molecular weight excluding hydrogens is 335 g/mol. The summed E-state index contributed by atoms with van der Waals surface area (Å²) >= 11 is 0. The standard InChI is InChI=1S/C19H15FN4O2/c1-24-9-13(19(23-24)11-5-3-4-6-14(11)20)18-12-7-16(25)17(26-2)8-15(12)21-10-22-18/h3-10,25H,1-2H3. The minimum Gasteiger partial charge on any atom is -0.504 e. The van der Waals surface area contributed by atoms with Crippen LogP contribution in [-0.4, -0.2) is 32.0 Å². The maximum absolute atomic E-state index is 14.3. The van der Waals surface area contributed by atoms with E-state index in [4.69, 9.17) is 4.74 Å². The molecule has 0 unspecified atom stereocenters. The van der Waals surface area contributed by atoms with Gasteiger partial charge in [0.2, 0.25) is 0 Å². The average molecular weight is 350 g/mol. The summed E-state index contributed by atoms with van der Waals surface area (Å²) in [7, 11) is 3.23.